The van der Waals surface area contributed by atoms with Crippen molar-refractivity contribution in [1.82, 2.24) is 10.2 Å². The van der Waals surface area contributed by atoms with Crippen molar-refractivity contribution in [1.29, 1.82) is 0 Å². The van der Waals surface area contributed by atoms with Gasteiger partial charge >= 0.3 is 0 Å². The summed E-state index contributed by atoms with van der Waals surface area (Å²) in [7, 11) is -3.72. The largest absolute Gasteiger partial charge is 0.354 e. The Morgan fingerprint density at radius 2 is 1.75 bits per heavy atom. The summed E-state index contributed by atoms with van der Waals surface area (Å²) in [5.74, 6) is -0.713. The van der Waals surface area contributed by atoms with Gasteiger partial charge in [0.05, 0.1) is 11.9 Å². The zero-order valence-corrected chi connectivity index (χ0v) is 20.3. The average molecular weight is 460 g/mol. The highest BCUT2D eigenvalue weighted by Gasteiger charge is 2.30. The number of carbonyl (C=O) groups is 2. The van der Waals surface area contributed by atoms with Crippen molar-refractivity contribution in [3.05, 3.63) is 65.2 Å². The number of aryl methyl sites for hydroxylation is 2. The number of nitrogens with zero attached hydrogens (tertiary/aromatic N) is 2. The van der Waals surface area contributed by atoms with E-state index in [-0.39, 0.29) is 19.0 Å². The molecule has 0 aromatic heterocycles. The predicted molar refractivity (Wildman–Crippen MR) is 128 cm³/mol. The SMILES string of the molecule is CCCNC(=O)C(C)N(Cc1ccccc1C)C(=O)CN(c1cccc(C)c1)S(C)(=O)=O. The standard InChI is InChI=1S/C24H33N3O4S/c1-6-14-25-24(29)20(4)26(16-21-12-8-7-11-19(21)3)23(28)17-27(32(5,30)31)22-13-9-10-18(2)15-22/h7-13,15,20H,6,14,16-17H2,1-5H3,(H,25,29). The Hall–Kier alpha value is -2.87. The predicted octanol–water partition coefficient (Wildman–Crippen LogP) is 3.01. The summed E-state index contributed by atoms with van der Waals surface area (Å²) < 4.78 is 26.2. The van der Waals surface area contributed by atoms with Gasteiger partial charge in [-0.25, -0.2) is 8.42 Å². The monoisotopic (exact) mass is 459 g/mol. The molecule has 0 aliphatic rings. The van der Waals surface area contributed by atoms with Gasteiger partial charge in [-0.3, -0.25) is 13.9 Å². The molecule has 32 heavy (non-hydrogen) atoms. The van der Waals surface area contributed by atoms with Crippen LogP contribution in [0.25, 0.3) is 0 Å². The minimum absolute atomic E-state index is 0.206. The molecule has 7 nitrogen and oxygen atoms in total. The van der Waals surface area contributed by atoms with Crippen LogP contribution in [0.15, 0.2) is 48.5 Å². The molecule has 2 amide bonds. The first-order chi connectivity index (χ1) is 15.0. The van der Waals surface area contributed by atoms with Crippen LogP contribution in [0, 0.1) is 13.8 Å². The summed E-state index contributed by atoms with van der Waals surface area (Å²) in [6.07, 6.45) is 1.85. The maximum Gasteiger partial charge on any atom is 0.244 e. The molecule has 1 atom stereocenters. The number of benzene rings is 2. The lowest BCUT2D eigenvalue weighted by molar-refractivity contribution is -0.139. The third kappa shape index (κ3) is 6.82. The van der Waals surface area contributed by atoms with Crippen LogP contribution in [-0.4, -0.2) is 50.5 Å². The van der Waals surface area contributed by atoms with Gasteiger partial charge in [-0.1, -0.05) is 43.3 Å². The molecule has 1 N–H and O–H groups in total. The van der Waals surface area contributed by atoms with E-state index in [1.54, 1.807) is 25.1 Å². The fourth-order valence-electron chi connectivity index (χ4n) is 3.35. The second-order valence-corrected chi connectivity index (χ2v) is 9.93. The normalized spacial score (nSPS) is 12.2. The van der Waals surface area contributed by atoms with Gasteiger partial charge in [0, 0.05) is 13.1 Å². The molecule has 0 spiro atoms. The van der Waals surface area contributed by atoms with Gasteiger partial charge in [0.1, 0.15) is 12.6 Å². The van der Waals surface area contributed by atoms with Crippen LogP contribution < -0.4 is 9.62 Å². The number of hydrogen-bond acceptors (Lipinski definition) is 4. The van der Waals surface area contributed by atoms with E-state index >= 15 is 0 Å². The summed E-state index contributed by atoms with van der Waals surface area (Å²) in [5, 5.41) is 2.83. The highest BCUT2D eigenvalue weighted by molar-refractivity contribution is 7.92. The van der Waals surface area contributed by atoms with Crippen LogP contribution in [0.5, 0.6) is 0 Å². The lowest BCUT2D eigenvalue weighted by atomic mass is 10.1. The van der Waals surface area contributed by atoms with Crippen LogP contribution in [0.2, 0.25) is 0 Å². The molecule has 2 rings (SSSR count). The molecule has 0 aliphatic carbocycles. The second kappa shape index (κ2) is 11.1. The smallest absolute Gasteiger partial charge is 0.244 e. The maximum atomic E-state index is 13.4. The van der Waals surface area contributed by atoms with E-state index in [1.165, 1.54) is 4.90 Å². The van der Waals surface area contributed by atoms with Crippen LogP contribution in [0.1, 0.15) is 37.0 Å². The van der Waals surface area contributed by atoms with Crippen LogP contribution >= 0.6 is 0 Å². The van der Waals surface area contributed by atoms with E-state index in [4.69, 9.17) is 0 Å². The lowest BCUT2D eigenvalue weighted by Crippen LogP contribution is -2.51. The van der Waals surface area contributed by atoms with E-state index in [9.17, 15) is 18.0 Å². The van der Waals surface area contributed by atoms with Crippen molar-refractivity contribution >= 4 is 27.5 Å². The number of amides is 2. The molecule has 0 saturated carbocycles. The zero-order valence-electron chi connectivity index (χ0n) is 19.5. The molecule has 0 radical (unpaired) electrons. The summed E-state index contributed by atoms with van der Waals surface area (Å²) in [6.45, 7) is 7.74. The van der Waals surface area contributed by atoms with Gasteiger partial charge in [0.25, 0.3) is 0 Å². The Morgan fingerprint density at radius 3 is 2.34 bits per heavy atom. The number of hydrogen-bond donors (Lipinski definition) is 1. The highest BCUT2D eigenvalue weighted by Crippen LogP contribution is 2.20. The summed E-state index contributed by atoms with van der Waals surface area (Å²) in [5.41, 5.74) is 3.19. The fraction of sp³-hybridized carbons (Fsp3) is 0.417. The molecule has 0 bridgehead atoms. The number of anilines is 1. The summed E-state index contributed by atoms with van der Waals surface area (Å²) in [4.78, 5) is 27.6. The molecule has 1 unspecified atom stereocenters. The third-order valence-electron chi connectivity index (χ3n) is 5.29. The van der Waals surface area contributed by atoms with Gasteiger partial charge in [-0.05, 0) is 56.0 Å². The van der Waals surface area contributed by atoms with Crippen molar-refractivity contribution in [2.45, 2.75) is 46.7 Å². The van der Waals surface area contributed by atoms with Gasteiger partial charge in [0.2, 0.25) is 21.8 Å². The molecule has 0 saturated heterocycles. The number of nitrogens with one attached hydrogen (secondary N) is 1. The fourth-order valence-corrected chi connectivity index (χ4v) is 4.19. The lowest BCUT2D eigenvalue weighted by Gasteiger charge is -2.32. The van der Waals surface area contributed by atoms with Crippen molar-refractivity contribution in [2.24, 2.45) is 0 Å². The minimum Gasteiger partial charge on any atom is -0.354 e. The summed E-state index contributed by atoms with van der Waals surface area (Å²) in [6, 6.07) is 13.9. The first-order valence-corrected chi connectivity index (χ1v) is 12.6. The van der Waals surface area contributed by atoms with E-state index in [0.29, 0.717) is 12.2 Å². The van der Waals surface area contributed by atoms with Crippen LogP contribution in [0.3, 0.4) is 0 Å². The molecule has 174 valence electrons. The number of rotatable bonds is 10. The Morgan fingerprint density at radius 1 is 1.06 bits per heavy atom. The van der Waals surface area contributed by atoms with Crippen molar-refractivity contribution in [3.8, 4) is 0 Å². The number of carbonyl (C=O) groups excluding carboxylic acids is 2. The Bertz CT molecular complexity index is 1050. The van der Waals surface area contributed by atoms with Gasteiger partial charge in [-0.2, -0.15) is 0 Å². The third-order valence-corrected chi connectivity index (χ3v) is 6.43. The molecule has 0 aliphatic heterocycles. The number of sulfonamides is 1. The van der Waals surface area contributed by atoms with E-state index < -0.39 is 22.0 Å². The topological polar surface area (TPSA) is 86.8 Å². The Kier molecular flexibility index (Phi) is 8.83. The van der Waals surface area contributed by atoms with Crippen LogP contribution in [-0.2, 0) is 26.2 Å². The van der Waals surface area contributed by atoms with Crippen molar-refractivity contribution < 1.29 is 18.0 Å². The summed E-state index contributed by atoms with van der Waals surface area (Å²) >= 11 is 0. The first kappa shape index (κ1) is 25.4. The molecule has 0 heterocycles. The van der Waals surface area contributed by atoms with Gasteiger partial charge in [-0.15, -0.1) is 0 Å². The minimum atomic E-state index is -3.72. The molecule has 2 aromatic carbocycles. The van der Waals surface area contributed by atoms with Gasteiger partial charge < -0.3 is 10.2 Å². The Labute approximate surface area is 191 Å². The van der Waals surface area contributed by atoms with Crippen LogP contribution in [0.4, 0.5) is 5.69 Å². The highest BCUT2D eigenvalue weighted by atomic mass is 32.2. The Balaban J connectivity index is 2.38. The molecular weight excluding hydrogens is 426 g/mol. The van der Waals surface area contributed by atoms with Gasteiger partial charge in [0.15, 0.2) is 0 Å². The average Bonchev–Trinajstić information content (AvgIpc) is 2.73. The van der Waals surface area contributed by atoms with E-state index in [1.807, 2.05) is 51.1 Å². The zero-order chi connectivity index (χ0) is 23.9. The molecular formula is C24H33N3O4S. The maximum absolute atomic E-state index is 13.4. The quantitative estimate of drug-likeness (QED) is 0.592. The second-order valence-electron chi connectivity index (χ2n) is 8.02. The molecule has 2 aromatic rings. The van der Waals surface area contributed by atoms with Crippen molar-refractivity contribution in [3.63, 3.8) is 0 Å². The molecule has 0 fully saturated rings. The molecule has 8 heteroatoms. The van der Waals surface area contributed by atoms with Crippen molar-refractivity contribution in [2.75, 3.05) is 23.7 Å². The van der Waals surface area contributed by atoms with E-state index in [2.05, 4.69) is 5.32 Å². The first-order valence-electron chi connectivity index (χ1n) is 10.7. The van der Waals surface area contributed by atoms with E-state index in [0.717, 1.165) is 33.7 Å².